The van der Waals surface area contributed by atoms with Crippen LogP contribution in [0.15, 0.2) is 36.4 Å². The van der Waals surface area contributed by atoms with Gasteiger partial charge in [0.25, 0.3) is 0 Å². The maximum absolute atomic E-state index is 5.42. The van der Waals surface area contributed by atoms with E-state index in [1.54, 1.807) is 0 Å². The molecule has 1 unspecified atom stereocenters. The quantitative estimate of drug-likeness (QED) is 0.524. The summed E-state index contributed by atoms with van der Waals surface area (Å²) in [5.41, 5.74) is 1.24. The third kappa shape index (κ3) is 4.28. The van der Waals surface area contributed by atoms with Crippen molar-refractivity contribution in [2.45, 2.75) is 12.5 Å². The second-order valence-electron chi connectivity index (χ2n) is 3.63. The number of ether oxygens (including phenoxy) is 2. The zero-order valence-electron chi connectivity index (χ0n) is 8.76. The molecule has 0 bridgehead atoms. The molecule has 0 amide bonds. The Morgan fingerprint density at radius 3 is 2.87 bits per heavy atom. The standard InChI is InChI=1S/C13H16O2/c1-2-6-12(7-3-1)8-4-5-9-14-10-13-11-15-13/h1-4,6-8,13H,5,9-11H2. The molecule has 2 heteroatoms. The van der Waals surface area contributed by atoms with Crippen LogP contribution in [0.4, 0.5) is 0 Å². The summed E-state index contributed by atoms with van der Waals surface area (Å²) in [7, 11) is 0. The Labute approximate surface area is 90.5 Å². The number of epoxide rings is 1. The Hall–Kier alpha value is -1.12. The van der Waals surface area contributed by atoms with Crippen molar-refractivity contribution < 1.29 is 9.47 Å². The van der Waals surface area contributed by atoms with E-state index in [0.717, 1.165) is 26.2 Å². The van der Waals surface area contributed by atoms with Crippen molar-refractivity contribution in [3.8, 4) is 0 Å². The van der Waals surface area contributed by atoms with Gasteiger partial charge in [-0.1, -0.05) is 42.5 Å². The van der Waals surface area contributed by atoms with E-state index in [-0.39, 0.29) is 0 Å². The monoisotopic (exact) mass is 204 g/mol. The largest absolute Gasteiger partial charge is 0.378 e. The van der Waals surface area contributed by atoms with Crippen LogP contribution in [0.25, 0.3) is 6.08 Å². The van der Waals surface area contributed by atoms with Gasteiger partial charge in [0.2, 0.25) is 0 Å². The van der Waals surface area contributed by atoms with Gasteiger partial charge < -0.3 is 9.47 Å². The maximum Gasteiger partial charge on any atom is 0.104 e. The van der Waals surface area contributed by atoms with Crippen LogP contribution in [0.2, 0.25) is 0 Å². The molecule has 0 aromatic heterocycles. The van der Waals surface area contributed by atoms with Gasteiger partial charge in [-0.2, -0.15) is 0 Å². The van der Waals surface area contributed by atoms with Gasteiger partial charge in [-0.05, 0) is 12.0 Å². The molecule has 1 heterocycles. The fourth-order valence-corrected chi connectivity index (χ4v) is 1.31. The van der Waals surface area contributed by atoms with E-state index in [1.165, 1.54) is 5.56 Å². The highest BCUT2D eigenvalue weighted by Gasteiger charge is 2.21. The van der Waals surface area contributed by atoms with Gasteiger partial charge in [-0.3, -0.25) is 0 Å². The predicted molar refractivity (Wildman–Crippen MR) is 60.7 cm³/mol. The highest BCUT2D eigenvalue weighted by molar-refractivity contribution is 5.48. The lowest BCUT2D eigenvalue weighted by Crippen LogP contribution is -2.01. The number of rotatable bonds is 6. The average molecular weight is 204 g/mol. The van der Waals surface area contributed by atoms with E-state index in [1.807, 2.05) is 18.2 Å². The Kier molecular flexibility index (Phi) is 3.94. The van der Waals surface area contributed by atoms with Crippen molar-refractivity contribution in [3.63, 3.8) is 0 Å². The van der Waals surface area contributed by atoms with Crippen LogP contribution in [0.5, 0.6) is 0 Å². The summed E-state index contributed by atoms with van der Waals surface area (Å²) in [4.78, 5) is 0. The molecule has 1 atom stereocenters. The first-order valence-corrected chi connectivity index (χ1v) is 5.36. The molecule has 1 aromatic rings. The molecule has 2 nitrogen and oxygen atoms in total. The summed E-state index contributed by atoms with van der Waals surface area (Å²) < 4.78 is 10.5. The topological polar surface area (TPSA) is 21.8 Å². The molecule has 0 N–H and O–H groups in total. The summed E-state index contributed by atoms with van der Waals surface area (Å²) >= 11 is 0. The van der Waals surface area contributed by atoms with E-state index in [4.69, 9.17) is 9.47 Å². The fourth-order valence-electron chi connectivity index (χ4n) is 1.31. The second-order valence-corrected chi connectivity index (χ2v) is 3.63. The molecule has 1 aliphatic rings. The van der Waals surface area contributed by atoms with Crippen molar-refractivity contribution >= 4 is 6.08 Å². The van der Waals surface area contributed by atoms with Crippen molar-refractivity contribution in [2.75, 3.05) is 19.8 Å². The lowest BCUT2D eigenvalue weighted by atomic mass is 10.2. The SMILES string of the molecule is C(=Cc1ccccc1)CCOCC1CO1. The molecule has 0 spiro atoms. The molecular formula is C13H16O2. The molecule has 1 aromatic carbocycles. The van der Waals surface area contributed by atoms with E-state index < -0.39 is 0 Å². The van der Waals surface area contributed by atoms with Crippen molar-refractivity contribution in [1.29, 1.82) is 0 Å². The zero-order chi connectivity index (χ0) is 10.3. The van der Waals surface area contributed by atoms with Gasteiger partial charge in [0.15, 0.2) is 0 Å². The summed E-state index contributed by atoms with van der Waals surface area (Å²) in [6, 6.07) is 10.3. The molecule has 80 valence electrons. The third-order valence-electron chi connectivity index (χ3n) is 2.24. The highest BCUT2D eigenvalue weighted by Crippen LogP contribution is 2.08. The minimum atomic E-state index is 0.378. The molecule has 1 saturated heterocycles. The second kappa shape index (κ2) is 5.69. The van der Waals surface area contributed by atoms with Crippen molar-refractivity contribution in [1.82, 2.24) is 0 Å². The summed E-state index contributed by atoms with van der Waals surface area (Å²) in [6.07, 6.45) is 5.60. The molecule has 0 radical (unpaired) electrons. The Bertz CT molecular complexity index is 302. The smallest absolute Gasteiger partial charge is 0.104 e. The van der Waals surface area contributed by atoms with Crippen LogP contribution in [0, 0.1) is 0 Å². The lowest BCUT2D eigenvalue weighted by Gasteiger charge is -1.97. The van der Waals surface area contributed by atoms with Gasteiger partial charge >= 0.3 is 0 Å². The van der Waals surface area contributed by atoms with Crippen molar-refractivity contribution in [3.05, 3.63) is 42.0 Å². The first-order valence-electron chi connectivity index (χ1n) is 5.36. The number of hydrogen-bond donors (Lipinski definition) is 0. The van der Waals surface area contributed by atoms with E-state index in [2.05, 4.69) is 24.3 Å². The average Bonchev–Trinajstić information content (AvgIpc) is 3.09. The third-order valence-corrected chi connectivity index (χ3v) is 2.24. The number of benzene rings is 1. The predicted octanol–water partition coefficient (Wildman–Crippen LogP) is 2.51. The summed E-state index contributed by atoms with van der Waals surface area (Å²) in [5, 5.41) is 0. The molecular weight excluding hydrogens is 188 g/mol. The molecule has 1 fully saturated rings. The Morgan fingerprint density at radius 1 is 1.33 bits per heavy atom. The number of hydrogen-bond acceptors (Lipinski definition) is 2. The van der Waals surface area contributed by atoms with Gasteiger partial charge in [0.1, 0.15) is 6.10 Å². The van der Waals surface area contributed by atoms with Gasteiger partial charge in [-0.25, -0.2) is 0 Å². The van der Waals surface area contributed by atoms with Crippen molar-refractivity contribution in [2.24, 2.45) is 0 Å². The van der Waals surface area contributed by atoms with E-state index >= 15 is 0 Å². The fraction of sp³-hybridized carbons (Fsp3) is 0.385. The normalized spacial score (nSPS) is 19.6. The van der Waals surface area contributed by atoms with Gasteiger partial charge in [0.05, 0.1) is 19.8 Å². The summed E-state index contributed by atoms with van der Waals surface area (Å²) in [6.45, 7) is 2.40. The molecule has 2 rings (SSSR count). The van der Waals surface area contributed by atoms with Crippen LogP contribution in [0.3, 0.4) is 0 Å². The lowest BCUT2D eigenvalue weighted by molar-refractivity contribution is 0.120. The minimum absolute atomic E-state index is 0.378. The maximum atomic E-state index is 5.42. The Morgan fingerprint density at radius 2 is 2.13 bits per heavy atom. The molecule has 0 aliphatic carbocycles. The summed E-state index contributed by atoms with van der Waals surface area (Å²) in [5.74, 6) is 0. The van der Waals surface area contributed by atoms with Crippen LogP contribution in [-0.2, 0) is 9.47 Å². The van der Waals surface area contributed by atoms with Crippen LogP contribution in [0.1, 0.15) is 12.0 Å². The first-order chi connectivity index (χ1) is 7.45. The van der Waals surface area contributed by atoms with E-state index in [9.17, 15) is 0 Å². The van der Waals surface area contributed by atoms with Gasteiger partial charge in [0, 0.05) is 0 Å². The first kappa shape index (κ1) is 10.4. The molecule has 0 saturated carbocycles. The van der Waals surface area contributed by atoms with Gasteiger partial charge in [-0.15, -0.1) is 0 Å². The Balaban J connectivity index is 1.58. The highest BCUT2D eigenvalue weighted by atomic mass is 16.6. The van der Waals surface area contributed by atoms with Crippen LogP contribution >= 0.6 is 0 Å². The van der Waals surface area contributed by atoms with E-state index in [0.29, 0.717) is 6.10 Å². The minimum Gasteiger partial charge on any atom is -0.378 e. The molecule has 1 aliphatic heterocycles. The van der Waals surface area contributed by atoms with Crippen LogP contribution < -0.4 is 0 Å². The zero-order valence-corrected chi connectivity index (χ0v) is 8.76. The van der Waals surface area contributed by atoms with Crippen LogP contribution in [-0.4, -0.2) is 25.9 Å². The molecule has 15 heavy (non-hydrogen) atoms.